The van der Waals surface area contributed by atoms with Crippen LogP contribution in [0, 0.1) is 0 Å². The number of fused-ring (bicyclic) bond motifs is 2. The molecule has 3 amide bonds. The van der Waals surface area contributed by atoms with Crippen LogP contribution in [0.5, 0.6) is 11.5 Å². The molecule has 1 saturated heterocycles. The first kappa shape index (κ1) is 38.7. The van der Waals surface area contributed by atoms with Crippen molar-refractivity contribution in [3.05, 3.63) is 142 Å². The fraction of sp³-hybridized carbons (Fsp3) is 0.0526. The van der Waals surface area contributed by atoms with Crippen LogP contribution >= 0.6 is 46.7 Å². The Morgan fingerprint density at radius 1 is 0.709 bits per heavy atom. The number of nitrogens with two attached hydrogens (primary N) is 1. The summed E-state index contributed by atoms with van der Waals surface area (Å²) in [6.45, 7) is 0. The van der Waals surface area contributed by atoms with Gasteiger partial charge in [0.05, 0.1) is 5.56 Å². The van der Waals surface area contributed by atoms with E-state index in [-0.39, 0.29) is 44.9 Å². The fourth-order valence-electron chi connectivity index (χ4n) is 5.25. The zero-order valence-corrected chi connectivity index (χ0v) is 31.1. The van der Waals surface area contributed by atoms with Gasteiger partial charge in [0.15, 0.2) is 21.8 Å². The number of thioether (sulfide) groups is 2. The van der Waals surface area contributed by atoms with Crippen LogP contribution in [0.15, 0.2) is 119 Å². The molecule has 17 heteroatoms. The molecular formula is C38H26Cl2N6O7S2. The number of halogens is 2. The highest BCUT2D eigenvalue weighted by Gasteiger charge is 2.32. The molecule has 8 rings (SSSR count). The Bertz CT molecular complexity index is 2540. The second-order valence-corrected chi connectivity index (χ2v) is 14.6. The summed E-state index contributed by atoms with van der Waals surface area (Å²) >= 11 is 14.0. The molecule has 0 bridgehead atoms. The summed E-state index contributed by atoms with van der Waals surface area (Å²) < 4.78 is 0. The van der Waals surface area contributed by atoms with Crippen LogP contribution in [0.3, 0.4) is 0 Å². The molecule has 0 spiro atoms. The van der Waals surface area contributed by atoms with E-state index < -0.39 is 17.1 Å². The zero-order valence-electron chi connectivity index (χ0n) is 28.0. The van der Waals surface area contributed by atoms with Crippen molar-refractivity contribution in [1.29, 1.82) is 0 Å². The maximum Gasteiger partial charge on any atom is 0.339 e. The molecule has 6 N–H and O–H groups in total. The Hall–Kier alpha value is -6.00. The van der Waals surface area contributed by atoms with Crippen LogP contribution in [-0.2, 0) is 9.59 Å². The quantitative estimate of drug-likeness (QED) is 0.118. The number of hydrogen-bond acceptors (Lipinski definition) is 11. The van der Waals surface area contributed by atoms with Crippen molar-refractivity contribution in [3.63, 3.8) is 0 Å². The Labute approximate surface area is 330 Å². The number of hydrogen-bond donors (Lipinski definition) is 5. The average Bonchev–Trinajstić information content (AvgIpc) is 3.72. The summed E-state index contributed by atoms with van der Waals surface area (Å²) in [6, 6.07) is 27.2. The molecule has 6 aromatic rings. The highest BCUT2D eigenvalue weighted by atomic mass is 35.5. The first-order valence-electron chi connectivity index (χ1n) is 15.9. The van der Waals surface area contributed by atoms with Crippen LogP contribution in [0.2, 0.25) is 10.0 Å². The summed E-state index contributed by atoms with van der Waals surface area (Å²) in [4.78, 5) is 62.3. The molecule has 0 saturated carbocycles. The molecule has 2 aliphatic rings. The van der Waals surface area contributed by atoms with E-state index in [4.69, 9.17) is 34.0 Å². The van der Waals surface area contributed by atoms with Crippen LogP contribution in [0.4, 0.5) is 0 Å². The number of aromatic hydroxyl groups is 2. The predicted molar refractivity (Wildman–Crippen MR) is 214 cm³/mol. The first-order chi connectivity index (χ1) is 26.4. The van der Waals surface area contributed by atoms with E-state index in [0.29, 0.717) is 31.6 Å². The number of amidine groups is 2. The van der Waals surface area contributed by atoms with Crippen molar-refractivity contribution in [2.75, 3.05) is 0 Å². The van der Waals surface area contributed by atoms with Crippen LogP contribution in [0.25, 0.3) is 21.8 Å². The molecular weight excluding hydrogens is 787 g/mol. The number of phenolic OH excluding ortho intramolecular Hbond substituents is 1. The smallest absolute Gasteiger partial charge is 0.339 e. The van der Waals surface area contributed by atoms with Gasteiger partial charge >= 0.3 is 5.97 Å². The van der Waals surface area contributed by atoms with E-state index in [1.54, 1.807) is 72.8 Å². The third kappa shape index (κ3) is 9.04. The SMILES string of the molecule is NC1=NC(=O)C(c2ccc(Cl)cc2)S1.O=C(N=C1NC(=O)C(c2ccc(Cl)cc2)S1)c1ccc2cccnc2c1O.O=C(O)c1ccc2cccnc2c1O. The van der Waals surface area contributed by atoms with Gasteiger partial charge in [0, 0.05) is 33.2 Å². The highest BCUT2D eigenvalue weighted by Crippen LogP contribution is 2.36. The molecule has 0 aliphatic carbocycles. The molecule has 4 heterocycles. The minimum atomic E-state index is -1.16. The minimum Gasteiger partial charge on any atom is -0.505 e. The lowest BCUT2D eigenvalue weighted by Crippen LogP contribution is -2.22. The average molecular weight is 814 g/mol. The van der Waals surface area contributed by atoms with E-state index in [1.807, 2.05) is 12.1 Å². The number of rotatable bonds is 4. The van der Waals surface area contributed by atoms with Crippen molar-refractivity contribution >= 4 is 103 Å². The standard InChI is InChI=1S/C19H12ClN3O3S.C10H7NO3.C9H7ClN2OS/c20-12-6-3-11(4-7-12)16-18(26)23-19(27-16)22-17(25)13-8-5-10-2-1-9-21-14(10)15(13)24;12-9-7(10(13)14)4-3-6-2-1-5-11-8(6)9;10-6-3-1-5(2-4-6)7-8(13)12-9(11)14-7/h1-9,16,24H,(H,22,23,25,26);1-5,12H,(H,13,14);1-4,7H,(H2,11,12,13). The van der Waals surface area contributed by atoms with Crippen molar-refractivity contribution in [3.8, 4) is 11.5 Å². The summed E-state index contributed by atoms with van der Waals surface area (Å²) in [5, 5.41) is 33.6. The number of carbonyl (C=O) groups excluding carboxylic acids is 3. The van der Waals surface area contributed by atoms with Gasteiger partial charge in [-0.3, -0.25) is 24.4 Å². The third-order valence-corrected chi connectivity index (χ3v) is 10.6. The normalized spacial score (nSPS) is 16.8. The molecule has 2 aromatic heterocycles. The number of phenols is 2. The molecule has 2 aliphatic heterocycles. The molecule has 0 radical (unpaired) electrons. The lowest BCUT2D eigenvalue weighted by molar-refractivity contribution is -0.119. The van der Waals surface area contributed by atoms with Crippen molar-refractivity contribution in [2.24, 2.45) is 15.7 Å². The molecule has 2 unspecified atom stereocenters. The highest BCUT2D eigenvalue weighted by molar-refractivity contribution is 8.15. The second kappa shape index (κ2) is 17.0. The van der Waals surface area contributed by atoms with Crippen molar-refractivity contribution in [2.45, 2.75) is 10.5 Å². The fourth-order valence-corrected chi connectivity index (χ4v) is 7.31. The van der Waals surface area contributed by atoms with Crippen molar-refractivity contribution < 1.29 is 34.5 Å². The summed E-state index contributed by atoms with van der Waals surface area (Å²) in [7, 11) is 0. The van der Waals surface area contributed by atoms with Gasteiger partial charge in [-0.2, -0.15) is 9.98 Å². The largest absolute Gasteiger partial charge is 0.505 e. The predicted octanol–water partition coefficient (Wildman–Crippen LogP) is 7.30. The van der Waals surface area contributed by atoms with E-state index in [9.17, 15) is 29.4 Å². The minimum absolute atomic E-state index is 0.0264. The number of aromatic carboxylic acids is 1. The van der Waals surface area contributed by atoms with Gasteiger partial charge in [-0.1, -0.05) is 95.3 Å². The molecule has 4 aromatic carbocycles. The second-order valence-electron chi connectivity index (χ2n) is 11.5. The lowest BCUT2D eigenvalue weighted by atomic mass is 10.1. The van der Waals surface area contributed by atoms with Gasteiger partial charge in [0.1, 0.15) is 27.1 Å². The maximum absolute atomic E-state index is 12.5. The van der Waals surface area contributed by atoms with Gasteiger partial charge in [0.25, 0.3) is 11.8 Å². The number of amides is 3. The number of nitrogens with zero attached hydrogens (tertiary/aromatic N) is 4. The Balaban J connectivity index is 0.000000155. The Morgan fingerprint density at radius 3 is 1.73 bits per heavy atom. The van der Waals surface area contributed by atoms with Gasteiger partial charge in [0.2, 0.25) is 5.91 Å². The maximum atomic E-state index is 12.5. The van der Waals surface area contributed by atoms with Gasteiger partial charge in [-0.05, 0) is 59.7 Å². The number of pyridine rings is 2. The van der Waals surface area contributed by atoms with E-state index in [1.165, 1.54) is 36.3 Å². The number of benzene rings is 4. The Morgan fingerprint density at radius 2 is 1.22 bits per heavy atom. The van der Waals surface area contributed by atoms with Gasteiger partial charge in [-0.15, -0.1) is 0 Å². The zero-order chi connectivity index (χ0) is 39.2. The number of carboxylic acids is 1. The van der Waals surface area contributed by atoms with E-state index >= 15 is 0 Å². The topological polar surface area (TPSA) is 218 Å². The monoisotopic (exact) mass is 812 g/mol. The lowest BCUT2D eigenvalue weighted by Gasteiger charge is -2.05. The number of aliphatic imine (C=N–C) groups is 2. The molecule has 2 atom stereocenters. The van der Waals surface area contributed by atoms with E-state index in [0.717, 1.165) is 28.3 Å². The molecule has 276 valence electrons. The van der Waals surface area contributed by atoms with Crippen molar-refractivity contribution in [1.82, 2.24) is 15.3 Å². The molecule has 1 fully saturated rings. The Kier molecular flexibility index (Phi) is 12.0. The summed E-state index contributed by atoms with van der Waals surface area (Å²) in [5.41, 5.74) is 7.63. The molecule has 13 nitrogen and oxygen atoms in total. The summed E-state index contributed by atoms with van der Waals surface area (Å²) in [6.07, 6.45) is 3.04. The number of carbonyl (C=O) groups is 4. The van der Waals surface area contributed by atoms with Crippen LogP contribution in [-0.4, -0.2) is 59.3 Å². The summed E-state index contributed by atoms with van der Waals surface area (Å²) in [5.74, 6) is -2.79. The number of nitrogens with one attached hydrogen (secondary N) is 1. The number of carboxylic acid groups (broad SMARTS) is 1. The third-order valence-electron chi connectivity index (χ3n) is 7.89. The first-order valence-corrected chi connectivity index (χ1v) is 18.4. The van der Waals surface area contributed by atoms with Crippen LogP contribution < -0.4 is 11.1 Å². The number of aromatic nitrogens is 2. The molecule has 55 heavy (non-hydrogen) atoms. The van der Waals surface area contributed by atoms with Gasteiger partial charge in [-0.25, -0.2) is 4.79 Å². The van der Waals surface area contributed by atoms with Crippen LogP contribution in [0.1, 0.15) is 42.3 Å². The van der Waals surface area contributed by atoms with Gasteiger partial charge < -0.3 is 26.4 Å². The van der Waals surface area contributed by atoms with E-state index in [2.05, 4.69) is 25.3 Å².